The van der Waals surface area contributed by atoms with Gasteiger partial charge in [-0.25, -0.2) is 4.79 Å². The normalized spacial score (nSPS) is 10.9. The monoisotopic (exact) mass is 225 g/mol. The molecule has 0 bridgehead atoms. The van der Waals surface area contributed by atoms with Gasteiger partial charge in [0.15, 0.2) is 0 Å². The zero-order valence-corrected chi connectivity index (χ0v) is 8.50. The van der Waals surface area contributed by atoms with Crippen LogP contribution in [-0.4, -0.2) is 17.0 Å². The zero-order valence-electron chi connectivity index (χ0n) is 8.50. The third-order valence-corrected chi connectivity index (χ3v) is 2.16. The van der Waals surface area contributed by atoms with Crippen molar-refractivity contribution in [2.75, 3.05) is 0 Å². The summed E-state index contributed by atoms with van der Waals surface area (Å²) >= 11 is 0. The Labute approximate surface area is 90.9 Å². The van der Waals surface area contributed by atoms with E-state index in [1.54, 1.807) is 6.92 Å². The molecule has 0 radical (unpaired) electrons. The second-order valence-electron chi connectivity index (χ2n) is 3.45. The molecule has 1 rings (SSSR count). The van der Waals surface area contributed by atoms with Crippen molar-refractivity contribution in [3.63, 3.8) is 0 Å². The third-order valence-electron chi connectivity index (χ3n) is 2.16. The summed E-state index contributed by atoms with van der Waals surface area (Å²) in [7, 11) is 0. The number of aryl methyl sites for hydroxylation is 1. The Balaban J connectivity index is 3.00. The van der Waals surface area contributed by atoms with Crippen LogP contribution >= 0.6 is 0 Å². The molecular weight excluding hydrogens is 216 g/mol. The van der Waals surface area contributed by atoms with Crippen LogP contribution in [0.25, 0.3) is 0 Å². The van der Waals surface area contributed by atoms with Gasteiger partial charge in [0.05, 0.1) is 11.6 Å². The summed E-state index contributed by atoms with van der Waals surface area (Å²) < 4.78 is 25.8. The minimum Gasteiger partial charge on any atom is -0.477 e. The van der Waals surface area contributed by atoms with Crippen LogP contribution in [0.15, 0.2) is 18.2 Å². The summed E-state index contributed by atoms with van der Waals surface area (Å²) in [4.78, 5) is 10.2. The molecule has 0 spiro atoms. The van der Waals surface area contributed by atoms with E-state index >= 15 is 0 Å². The van der Waals surface area contributed by atoms with Gasteiger partial charge in [-0.1, -0.05) is 12.1 Å². The number of nitrogens with zero attached hydrogens (tertiary/aromatic N) is 1. The van der Waals surface area contributed by atoms with Crippen LogP contribution in [0.2, 0.25) is 0 Å². The van der Waals surface area contributed by atoms with Crippen LogP contribution in [0.5, 0.6) is 0 Å². The Kier molecular flexibility index (Phi) is 3.23. The van der Waals surface area contributed by atoms with E-state index in [2.05, 4.69) is 0 Å². The van der Waals surface area contributed by atoms with Crippen LogP contribution in [0, 0.1) is 18.3 Å². The average Bonchev–Trinajstić information content (AvgIpc) is 2.20. The molecule has 0 aromatic heterocycles. The highest BCUT2D eigenvalue weighted by Gasteiger charge is 2.38. The van der Waals surface area contributed by atoms with Gasteiger partial charge in [-0.15, -0.1) is 0 Å². The van der Waals surface area contributed by atoms with E-state index in [9.17, 15) is 13.6 Å². The molecule has 0 fully saturated rings. The van der Waals surface area contributed by atoms with E-state index in [1.165, 1.54) is 18.2 Å². The van der Waals surface area contributed by atoms with Gasteiger partial charge in [0.2, 0.25) is 0 Å². The first kappa shape index (κ1) is 12.1. The number of halogens is 2. The van der Waals surface area contributed by atoms with E-state index in [-0.39, 0.29) is 11.1 Å². The van der Waals surface area contributed by atoms with Crippen molar-refractivity contribution in [1.82, 2.24) is 0 Å². The molecule has 0 amide bonds. The van der Waals surface area contributed by atoms with E-state index < -0.39 is 18.3 Å². The van der Waals surface area contributed by atoms with Gasteiger partial charge in [0.25, 0.3) is 0 Å². The number of carbonyl (C=O) groups is 1. The third kappa shape index (κ3) is 2.54. The summed E-state index contributed by atoms with van der Waals surface area (Å²) in [5, 5.41) is 17.0. The maximum atomic E-state index is 12.9. The molecule has 1 N–H and O–H groups in total. The lowest BCUT2D eigenvalue weighted by atomic mass is 10.0. The minimum absolute atomic E-state index is 0.134. The number of carboxylic acid groups (broad SMARTS) is 1. The summed E-state index contributed by atoms with van der Waals surface area (Å²) in [5.41, 5.74) is 1.08. The molecular formula is C11H9F2NO2. The first-order valence-electron chi connectivity index (χ1n) is 4.47. The summed E-state index contributed by atoms with van der Waals surface area (Å²) in [6.07, 6.45) is -0.905. The SMILES string of the molecule is Cc1ccc(CC(F)(F)C(=O)O)cc1C#N. The highest BCUT2D eigenvalue weighted by molar-refractivity contribution is 5.75. The number of nitriles is 1. The number of alkyl halides is 2. The smallest absolute Gasteiger partial charge is 0.374 e. The number of rotatable bonds is 3. The van der Waals surface area contributed by atoms with Gasteiger partial charge in [-0.05, 0) is 24.1 Å². The Hall–Kier alpha value is -1.96. The molecule has 0 aliphatic heterocycles. The second-order valence-corrected chi connectivity index (χ2v) is 3.45. The highest BCUT2D eigenvalue weighted by atomic mass is 19.3. The first-order chi connectivity index (χ1) is 7.36. The van der Waals surface area contributed by atoms with Gasteiger partial charge < -0.3 is 5.11 Å². The maximum absolute atomic E-state index is 12.9. The summed E-state index contributed by atoms with van der Waals surface area (Å²) in [6.45, 7) is 1.68. The largest absolute Gasteiger partial charge is 0.477 e. The summed E-state index contributed by atoms with van der Waals surface area (Å²) in [6, 6.07) is 6.06. The van der Waals surface area contributed by atoms with Crippen molar-refractivity contribution in [2.45, 2.75) is 19.3 Å². The van der Waals surface area contributed by atoms with E-state index in [1.807, 2.05) is 6.07 Å². The number of carboxylic acids is 1. The minimum atomic E-state index is -3.80. The summed E-state index contributed by atoms with van der Waals surface area (Å²) in [5.74, 6) is -5.96. The quantitative estimate of drug-likeness (QED) is 0.857. The maximum Gasteiger partial charge on any atom is 0.374 e. The van der Waals surface area contributed by atoms with Gasteiger partial charge in [0.1, 0.15) is 0 Å². The van der Waals surface area contributed by atoms with E-state index in [0.29, 0.717) is 5.56 Å². The Morgan fingerprint density at radius 2 is 2.19 bits per heavy atom. The molecule has 0 aliphatic rings. The molecule has 84 valence electrons. The van der Waals surface area contributed by atoms with E-state index in [0.717, 1.165) is 0 Å². The van der Waals surface area contributed by atoms with Crippen molar-refractivity contribution in [2.24, 2.45) is 0 Å². The molecule has 16 heavy (non-hydrogen) atoms. The van der Waals surface area contributed by atoms with Crippen LogP contribution in [0.1, 0.15) is 16.7 Å². The fourth-order valence-electron chi connectivity index (χ4n) is 1.23. The average molecular weight is 225 g/mol. The first-order valence-corrected chi connectivity index (χ1v) is 4.47. The molecule has 0 saturated carbocycles. The predicted molar refractivity (Wildman–Crippen MR) is 52.2 cm³/mol. The van der Waals surface area contributed by atoms with Crippen molar-refractivity contribution >= 4 is 5.97 Å². The predicted octanol–water partition coefficient (Wildman–Crippen LogP) is 2.13. The molecule has 3 nitrogen and oxygen atoms in total. The molecule has 1 aromatic carbocycles. The lowest BCUT2D eigenvalue weighted by Crippen LogP contribution is -2.30. The van der Waals surface area contributed by atoms with Gasteiger partial charge >= 0.3 is 11.9 Å². The lowest BCUT2D eigenvalue weighted by molar-refractivity contribution is -0.164. The molecule has 0 heterocycles. The zero-order chi connectivity index (χ0) is 12.3. The molecule has 0 unspecified atom stereocenters. The number of aliphatic carboxylic acids is 1. The van der Waals surface area contributed by atoms with Gasteiger partial charge in [0, 0.05) is 6.42 Å². The van der Waals surface area contributed by atoms with Gasteiger partial charge in [-0.3, -0.25) is 0 Å². The number of hydrogen-bond donors (Lipinski definition) is 1. The fraction of sp³-hybridized carbons (Fsp3) is 0.273. The van der Waals surface area contributed by atoms with Gasteiger partial charge in [-0.2, -0.15) is 14.0 Å². The fourth-order valence-corrected chi connectivity index (χ4v) is 1.23. The van der Waals surface area contributed by atoms with Crippen LogP contribution < -0.4 is 0 Å². The number of benzene rings is 1. The highest BCUT2D eigenvalue weighted by Crippen LogP contribution is 2.21. The molecule has 5 heteroatoms. The topological polar surface area (TPSA) is 61.1 Å². The Bertz CT molecular complexity index is 464. The molecule has 0 saturated heterocycles. The number of hydrogen-bond acceptors (Lipinski definition) is 2. The molecule has 0 atom stereocenters. The standard InChI is InChI=1S/C11H9F2NO2/c1-7-2-3-8(4-9(7)6-14)5-11(12,13)10(15)16/h2-4H,5H2,1H3,(H,15,16). The van der Waals surface area contributed by atoms with Crippen LogP contribution in [-0.2, 0) is 11.2 Å². The van der Waals surface area contributed by atoms with Crippen LogP contribution in [0.4, 0.5) is 8.78 Å². The van der Waals surface area contributed by atoms with Crippen molar-refractivity contribution < 1.29 is 18.7 Å². The van der Waals surface area contributed by atoms with Crippen molar-refractivity contribution in [1.29, 1.82) is 5.26 Å². The molecule has 1 aromatic rings. The van der Waals surface area contributed by atoms with Crippen molar-refractivity contribution in [3.8, 4) is 6.07 Å². The molecule has 0 aliphatic carbocycles. The second kappa shape index (κ2) is 4.27. The van der Waals surface area contributed by atoms with Crippen LogP contribution in [0.3, 0.4) is 0 Å². The van der Waals surface area contributed by atoms with Crippen molar-refractivity contribution in [3.05, 3.63) is 34.9 Å². The van der Waals surface area contributed by atoms with E-state index in [4.69, 9.17) is 10.4 Å². The lowest BCUT2D eigenvalue weighted by Gasteiger charge is -2.11. The Morgan fingerprint density at radius 1 is 1.56 bits per heavy atom. The Morgan fingerprint density at radius 3 is 2.69 bits per heavy atom.